The van der Waals surface area contributed by atoms with Gasteiger partial charge in [0.1, 0.15) is 23.0 Å². The molecule has 8 nitrogen and oxygen atoms in total. The summed E-state index contributed by atoms with van der Waals surface area (Å²) in [6.45, 7) is 14.3. The predicted molar refractivity (Wildman–Crippen MR) is 187 cm³/mol. The third-order valence-electron chi connectivity index (χ3n) is 7.85. The van der Waals surface area contributed by atoms with Crippen LogP contribution < -0.4 is 18.9 Å². The van der Waals surface area contributed by atoms with Crippen LogP contribution in [0.5, 0.6) is 23.0 Å². The lowest BCUT2D eigenvalue weighted by Crippen LogP contribution is -2.16. The molecule has 8 heteroatoms. The molecule has 0 atom stereocenters. The maximum Gasteiger partial charge on any atom is 0.311 e. The van der Waals surface area contributed by atoms with E-state index in [9.17, 15) is 19.2 Å². The van der Waals surface area contributed by atoms with Crippen LogP contribution in [0.4, 0.5) is 0 Å². The monoisotopic (exact) mass is 650 g/mol. The van der Waals surface area contributed by atoms with Gasteiger partial charge in [-0.2, -0.15) is 0 Å². The number of hydrogen-bond acceptors (Lipinski definition) is 8. The van der Waals surface area contributed by atoms with Gasteiger partial charge in [-0.05, 0) is 65.5 Å². The minimum Gasteiger partial charge on any atom is -0.426 e. The number of ether oxygens (including phenoxy) is 4. The molecule has 0 amide bonds. The van der Waals surface area contributed by atoms with E-state index in [0.717, 1.165) is 22.3 Å². The quantitative estimate of drug-likeness (QED) is 0.0901. The third-order valence-corrected chi connectivity index (χ3v) is 7.85. The molecule has 0 aliphatic heterocycles. The molecule has 0 aliphatic carbocycles. The molecule has 0 saturated heterocycles. The molecule has 0 spiro atoms. The van der Waals surface area contributed by atoms with E-state index in [1.165, 1.54) is 13.8 Å². The van der Waals surface area contributed by atoms with Crippen LogP contribution >= 0.6 is 0 Å². The Balaban J connectivity index is 1.63. The van der Waals surface area contributed by atoms with Crippen LogP contribution in [-0.4, -0.2) is 23.9 Å². The van der Waals surface area contributed by atoms with Crippen LogP contribution in [0.1, 0.15) is 76.6 Å². The minimum absolute atomic E-state index is 0.227. The first-order valence-corrected chi connectivity index (χ1v) is 15.9. The highest BCUT2D eigenvalue weighted by atomic mass is 16.6. The van der Waals surface area contributed by atoms with Crippen molar-refractivity contribution in [2.24, 2.45) is 0 Å². The molecule has 0 heterocycles. The average molecular weight is 651 g/mol. The van der Waals surface area contributed by atoms with Crippen molar-refractivity contribution in [2.75, 3.05) is 0 Å². The van der Waals surface area contributed by atoms with Gasteiger partial charge in [0, 0.05) is 46.5 Å². The van der Waals surface area contributed by atoms with Gasteiger partial charge in [-0.1, -0.05) is 71.8 Å². The number of carbonyl (C=O) groups excluding carboxylic acids is 4. The highest BCUT2D eigenvalue weighted by Gasteiger charge is 2.24. The fourth-order valence-electron chi connectivity index (χ4n) is 5.52. The topological polar surface area (TPSA) is 105 Å². The summed E-state index contributed by atoms with van der Waals surface area (Å²) in [5, 5.41) is 2.51. The van der Waals surface area contributed by atoms with Crippen molar-refractivity contribution in [3.63, 3.8) is 0 Å². The van der Waals surface area contributed by atoms with Gasteiger partial charge in [-0.3, -0.25) is 19.2 Å². The number of allylic oxidation sites excluding steroid dienone is 4. The SMILES string of the molecule is CC(=O)Oc1c(CC=C(C)C)c(C)c(OC(=O)CCC(=O)Oc2c(C)c(CC=C(C)C)c(OC(C)=O)c3ccccc23)c2ccccc12. The predicted octanol–water partition coefficient (Wildman–Crippen LogP) is 8.77. The third kappa shape index (κ3) is 8.37. The molecule has 0 radical (unpaired) electrons. The first kappa shape index (κ1) is 35.6. The number of esters is 4. The van der Waals surface area contributed by atoms with Crippen LogP contribution in [0, 0.1) is 13.8 Å². The second-order valence-corrected chi connectivity index (χ2v) is 12.2. The van der Waals surface area contributed by atoms with Crippen LogP contribution in [0.15, 0.2) is 71.8 Å². The maximum atomic E-state index is 13.3. The minimum atomic E-state index is -0.607. The standard InChI is InChI=1S/C40H42O8/c1-23(2)17-19-29-25(5)37(31-13-9-11-15-33(31)39(29)45-27(7)41)47-35(43)21-22-36(44)48-38-26(6)30(20-18-24(3)4)40(46-28(8)42)34-16-12-10-14-32(34)38/h9-18H,19-22H2,1-8H3. The van der Waals surface area contributed by atoms with E-state index in [1.54, 1.807) is 12.1 Å². The molecule has 0 bridgehead atoms. The van der Waals surface area contributed by atoms with E-state index in [0.29, 0.717) is 68.5 Å². The molecule has 250 valence electrons. The summed E-state index contributed by atoms with van der Waals surface area (Å²) >= 11 is 0. The summed E-state index contributed by atoms with van der Waals surface area (Å²) in [5.74, 6) is -0.545. The zero-order valence-corrected chi connectivity index (χ0v) is 28.9. The van der Waals surface area contributed by atoms with E-state index in [1.807, 2.05) is 90.1 Å². The highest BCUT2D eigenvalue weighted by molar-refractivity contribution is 6.00. The zero-order chi connectivity index (χ0) is 35.1. The Morgan fingerprint density at radius 1 is 0.500 bits per heavy atom. The van der Waals surface area contributed by atoms with Crippen LogP contribution in [0.25, 0.3) is 21.5 Å². The van der Waals surface area contributed by atoms with Crippen molar-refractivity contribution in [1.29, 1.82) is 0 Å². The highest BCUT2D eigenvalue weighted by Crippen LogP contribution is 2.43. The van der Waals surface area contributed by atoms with Crippen molar-refractivity contribution in [2.45, 2.75) is 81.1 Å². The van der Waals surface area contributed by atoms with E-state index >= 15 is 0 Å². The van der Waals surface area contributed by atoms with Crippen molar-refractivity contribution < 1.29 is 38.1 Å². The summed E-state index contributed by atoms with van der Waals surface area (Å²) in [7, 11) is 0. The number of benzene rings is 4. The van der Waals surface area contributed by atoms with E-state index < -0.39 is 23.9 Å². The number of carbonyl (C=O) groups is 4. The Bertz CT molecular complexity index is 1830. The first-order valence-electron chi connectivity index (χ1n) is 15.9. The van der Waals surface area contributed by atoms with Gasteiger partial charge in [0.2, 0.25) is 0 Å². The normalized spacial score (nSPS) is 10.8. The molecule has 0 saturated carbocycles. The zero-order valence-electron chi connectivity index (χ0n) is 28.9. The second-order valence-electron chi connectivity index (χ2n) is 12.2. The molecule has 0 aliphatic rings. The fourth-order valence-corrected chi connectivity index (χ4v) is 5.52. The first-order chi connectivity index (χ1) is 22.8. The lowest BCUT2D eigenvalue weighted by Gasteiger charge is -2.19. The summed E-state index contributed by atoms with van der Waals surface area (Å²) in [6.07, 6.45) is 4.52. The molecule has 0 unspecified atom stereocenters. The van der Waals surface area contributed by atoms with E-state index in [-0.39, 0.29) is 12.8 Å². The Kier molecular flexibility index (Phi) is 11.5. The van der Waals surface area contributed by atoms with Gasteiger partial charge in [0.15, 0.2) is 0 Å². The van der Waals surface area contributed by atoms with Crippen LogP contribution in [-0.2, 0) is 32.0 Å². The molecule has 4 aromatic carbocycles. The van der Waals surface area contributed by atoms with Crippen molar-refractivity contribution >= 4 is 45.4 Å². The van der Waals surface area contributed by atoms with Crippen molar-refractivity contribution in [3.05, 3.63) is 94.1 Å². The molecule has 0 fully saturated rings. The van der Waals surface area contributed by atoms with E-state index in [4.69, 9.17) is 18.9 Å². The van der Waals surface area contributed by atoms with Gasteiger partial charge >= 0.3 is 23.9 Å². The Labute approximate surface area is 281 Å². The number of hydrogen-bond donors (Lipinski definition) is 0. The van der Waals surface area contributed by atoms with Gasteiger partial charge in [-0.25, -0.2) is 0 Å². The molecular formula is C40H42O8. The molecular weight excluding hydrogens is 608 g/mol. The van der Waals surface area contributed by atoms with Crippen molar-refractivity contribution in [3.8, 4) is 23.0 Å². The molecule has 0 aromatic heterocycles. The lowest BCUT2D eigenvalue weighted by atomic mass is 9.95. The van der Waals surface area contributed by atoms with Gasteiger partial charge < -0.3 is 18.9 Å². The maximum absolute atomic E-state index is 13.3. The van der Waals surface area contributed by atoms with Gasteiger partial charge in [0.05, 0.1) is 12.8 Å². The number of rotatable bonds is 11. The van der Waals surface area contributed by atoms with Crippen LogP contribution in [0.3, 0.4) is 0 Å². The molecule has 4 rings (SSSR count). The lowest BCUT2D eigenvalue weighted by molar-refractivity contribution is -0.140. The molecule has 4 aromatic rings. The van der Waals surface area contributed by atoms with Gasteiger partial charge in [0.25, 0.3) is 0 Å². The summed E-state index contributed by atoms with van der Waals surface area (Å²) in [6, 6.07) is 14.5. The summed E-state index contributed by atoms with van der Waals surface area (Å²) < 4.78 is 23.2. The summed E-state index contributed by atoms with van der Waals surface area (Å²) in [4.78, 5) is 50.6. The largest absolute Gasteiger partial charge is 0.426 e. The molecule has 0 N–H and O–H groups in total. The van der Waals surface area contributed by atoms with E-state index in [2.05, 4.69) is 0 Å². The summed E-state index contributed by atoms with van der Waals surface area (Å²) in [5.41, 5.74) is 4.96. The Morgan fingerprint density at radius 3 is 1.10 bits per heavy atom. The van der Waals surface area contributed by atoms with Gasteiger partial charge in [-0.15, -0.1) is 0 Å². The number of fused-ring (bicyclic) bond motifs is 2. The fraction of sp³-hybridized carbons (Fsp3) is 0.300. The molecule has 48 heavy (non-hydrogen) atoms. The average Bonchev–Trinajstić information content (AvgIpc) is 3.02. The Hall–Kier alpha value is -5.24. The Morgan fingerprint density at radius 2 is 0.812 bits per heavy atom. The van der Waals surface area contributed by atoms with Crippen LogP contribution in [0.2, 0.25) is 0 Å². The second kappa shape index (κ2) is 15.6. The smallest absolute Gasteiger partial charge is 0.311 e. The van der Waals surface area contributed by atoms with Crippen molar-refractivity contribution in [1.82, 2.24) is 0 Å².